The Morgan fingerprint density at radius 1 is 1.05 bits per heavy atom. The van der Waals surface area contributed by atoms with Gasteiger partial charge in [-0.2, -0.15) is 0 Å². The summed E-state index contributed by atoms with van der Waals surface area (Å²) in [6.45, 7) is 0.379. The number of rotatable bonds is 6. The van der Waals surface area contributed by atoms with Crippen LogP contribution in [-0.4, -0.2) is 32.2 Å². The summed E-state index contributed by atoms with van der Waals surface area (Å²) in [6.07, 6.45) is 0.635. The molecule has 0 saturated heterocycles. The zero-order chi connectivity index (χ0) is 16.2. The lowest BCUT2D eigenvalue weighted by molar-refractivity contribution is 0.1000. The minimum Gasteiger partial charge on any atom is -0.366 e. The fraction of sp³-hybridized carbons (Fsp3) is 0.188. The lowest BCUT2D eigenvalue weighted by atomic mass is 10.2. The SMILES string of the molecule is CN(CCc1ccccc1)S(=O)(=O)c1ccc(C(N)=O)cc1. The summed E-state index contributed by atoms with van der Waals surface area (Å²) in [6, 6.07) is 15.3. The molecule has 2 aromatic carbocycles. The van der Waals surface area contributed by atoms with Gasteiger partial charge in [0.25, 0.3) is 0 Å². The van der Waals surface area contributed by atoms with Gasteiger partial charge in [0.2, 0.25) is 15.9 Å². The molecule has 0 radical (unpaired) electrons. The first kappa shape index (κ1) is 16.2. The van der Waals surface area contributed by atoms with Gasteiger partial charge < -0.3 is 5.73 Å². The molecule has 0 saturated carbocycles. The molecule has 0 aromatic heterocycles. The number of likely N-dealkylation sites (N-methyl/N-ethyl adjacent to an activating group) is 1. The third-order valence-electron chi connectivity index (χ3n) is 3.41. The van der Waals surface area contributed by atoms with Gasteiger partial charge in [-0.05, 0) is 36.2 Å². The molecule has 0 heterocycles. The summed E-state index contributed by atoms with van der Waals surface area (Å²) in [5.74, 6) is -0.582. The number of nitrogens with two attached hydrogens (primary N) is 1. The number of benzene rings is 2. The Bertz CT molecular complexity index is 741. The van der Waals surface area contributed by atoms with E-state index in [-0.39, 0.29) is 10.5 Å². The second-order valence-electron chi connectivity index (χ2n) is 4.95. The van der Waals surface area contributed by atoms with E-state index in [2.05, 4.69) is 0 Å². The van der Waals surface area contributed by atoms with Crippen LogP contribution in [0.1, 0.15) is 15.9 Å². The van der Waals surface area contributed by atoms with Crippen LogP contribution in [0.4, 0.5) is 0 Å². The molecule has 0 unspecified atom stereocenters. The Labute approximate surface area is 130 Å². The molecule has 1 amide bonds. The van der Waals surface area contributed by atoms with Gasteiger partial charge in [0.1, 0.15) is 0 Å². The zero-order valence-corrected chi connectivity index (χ0v) is 13.1. The smallest absolute Gasteiger partial charge is 0.248 e. The van der Waals surface area contributed by atoms with E-state index in [0.717, 1.165) is 5.56 Å². The van der Waals surface area contributed by atoms with Gasteiger partial charge in [-0.1, -0.05) is 30.3 Å². The van der Waals surface area contributed by atoms with Crippen molar-refractivity contribution in [2.24, 2.45) is 5.73 Å². The maximum absolute atomic E-state index is 12.4. The van der Waals surface area contributed by atoms with Gasteiger partial charge >= 0.3 is 0 Å². The van der Waals surface area contributed by atoms with E-state index in [1.54, 1.807) is 7.05 Å². The van der Waals surface area contributed by atoms with E-state index in [1.807, 2.05) is 30.3 Å². The summed E-state index contributed by atoms with van der Waals surface area (Å²) in [5.41, 5.74) is 6.51. The predicted octanol–water partition coefficient (Wildman–Crippen LogP) is 1.65. The summed E-state index contributed by atoms with van der Waals surface area (Å²) in [7, 11) is -2.03. The number of primary amides is 1. The molecule has 0 aliphatic rings. The topological polar surface area (TPSA) is 80.5 Å². The van der Waals surface area contributed by atoms with Crippen LogP contribution in [-0.2, 0) is 16.4 Å². The highest BCUT2D eigenvalue weighted by Crippen LogP contribution is 2.15. The Kier molecular flexibility index (Phi) is 4.95. The zero-order valence-electron chi connectivity index (χ0n) is 12.3. The van der Waals surface area contributed by atoms with Crippen LogP contribution in [0.5, 0.6) is 0 Å². The lowest BCUT2D eigenvalue weighted by Crippen LogP contribution is -2.29. The van der Waals surface area contributed by atoms with Crippen LogP contribution in [0.2, 0.25) is 0 Å². The van der Waals surface area contributed by atoms with Crippen LogP contribution in [0.25, 0.3) is 0 Å². The molecule has 0 bridgehead atoms. The normalized spacial score (nSPS) is 11.5. The standard InChI is InChI=1S/C16H18N2O3S/c1-18(12-11-13-5-3-2-4-6-13)22(20,21)15-9-7-14(8-10-15)16(17)19/h2-10H,11-12H2,1H3,(H2,17,19). The average molecular weight is 318 g/mol. The Balaban J connectivity index is 2.10. The second-order valence-corrected chi connectivity index (χ2v) is 7.00. The number of hydrogen-bond donors (Lipinski definition) is 1. The largest absolute Gasteiger partial charge is 0.366 e. The second kappa shape index (κ2) is 6.72. The highest BCUT2D eigenvalue weighted by molar-refractivity contribution is 7.89. The number of hydrogen-bond acceptors (Lipinski definition) is 3. The number of carbonyl (C=O) groups excluding carboxylic acids is 1. The van der Waals surface area contributed by atoms with Crippen LogP contribution in [0, 0.1) is 0 Å². The maximum Gasteiger partial charge on any atom is 0.248 e. The molecular formula is C16H18N2O3S. The van der Waals surface area contributed by atoms with E-state index in [9.17, 15) is 13.2 Å². The number of amides is 1. The van der Waals surface area contributed by atoms with Crippen LogP contribution >= 0.6 is 0 Å². The summed E-state index contributed by atoms with van der Waals surface area (Å²) in [5, 5.41) is 0. The van der Waals surface area contributed by atoms with Crippen molar-refractivity contribution >= 4 is 15.9 Å². The number of sulfonamides is 1. The molecule has 2 N–H and O–H groups in total. The Morgan fingerprint density at radius 2 is 1.64 bits per heavy atom. The van der Waals surface area contributed by atoms with Crippen LogP contribution < -0.4 is 5.73 Å². The highest BCUT2D eigenvalue weighted by Gasteiger charge is 2.20. The Hall–Kier alpha value is -2.18. The Morgan fingerprint density at radius 3 is 2.18 bits per heavy atom. The van der Waals surface area contributed by atoms with Crippen molar-refractivity contribution in [1.29, 1.82) is 0 Å². The average Bonchev–Trinajstić information content (AvgIpc) is 2.53. The molecule has 0 atom stereocenters. The number of nitrogens with zero attached hydrogens (tertiary/aromatic N) is 1. The third kappa shape index (κ3) is 3.72. The van der Waals surface area contributed by atoms with Crippen molar-refractivity contribution in [3.05, 3.63) is 65.7 Å². The van der Waals surface area contributed by atoms with E-state index < -0.39 is 15.9 Å². The maximum atomic E-state index is 12.4. The molecule has 116 valence electrons. The van der Waals surface area contributed by atoms with Crippen molar-refractivity contribution in [1.82, 2.24) is 4.31 Å². The lowest BCUT2D eigenvalue weighted by Gasteiger charge is -2.17. The van der Waals surface area contributed by atoms with E-state index in [1.165, 1.54) is 28.6 Å². The van der Waals surface area contributed by atoms with Crippen molar-refractivity contribution in [2.45, 2.75) is 11.3 Å². The van der Waals surface area contributed by atoms with E-state index >= 15 is 0 Å². The quantitative estimate of drug-likeness (QED) is 0.879. The molecule has 22 heavy (non-hydrogen) atoms. The van der Waals surface area contributed by atoms with Gasteiger partial charge in [-0.3, -0.25) is 4.79 Å². The molecule has 2 rings (SSSR count). The monoisotopic (exact) mass is 318 g/mol. The molecule has 0 spiro atoms. The summed E-state index contributed by atoms with van der Waals surface area (Å²) >= 11 is 0. The minimum atomic E-state index is -3.57. The van der Waals surface area contributed by atoms with Crippen molar-refractivity contribution in [2.75, 3.05) is 13.6 Å². The van der Waals surface area contributed by atoms with Gasteiger partial charge in [0, 0.05) is 19.2 Å². The fourth-order valence-electron chi connectivity index (χ4n) is 2.02. The van der Waals surface area contributed by atoms with E-state index in [0.29, 0.717) is 13.0 Å². The first-order chi connectivity index (χ1) is 10.4. The van der Waals surface area contributed by atoms with Crippen molar-refractivity contribution < 1.29 is 13.2 Å². The fourth-order valence-corrected chi connectivity index (χ4v) is 3.19. The van der Waals surface area contributed by atoms with Gasteiger partial charge in [0.15, 0.2) is 0 Å². The van der Waals surface area contributed by atoms with Crippen LogP contribution in [0.15, 0.2) is 59.5 Å². The highest BCUT2D eigenvalue weighted by atomic mass is 32.2. The van der Waals surface area contributed by atoms with Crippen molar-refractivity contribution in [3.63, 3.8) is 0 Å². The predicted molar refractivity (Wildman–Crippen MR) is 84.9 cm³/mol. The molecule has 2 aromatic rings. The summed E-state index contributed by atoms with van der Waals surface area (Å²) < 4.78 is 26.2. The first-order valence-corrected chi connectivity index (χ1v) is 8.25. The molecule has 0 aliphatic heterocycles. The molecule has 0 aliphatic carbocycles. The number of carbonyl (C=O) groups is 1. The van der Waals surface area contributed by atoms with Crippen LogP contribution in [0.3, 0.4) is 0 Å². The van der Waals surface area contributed by atoms with Crippen molar-refractivity contribution in [3.8, 4) is 0 Å². The first-order valence-electron chi connectivity index (χ1n) is 6.81. The van der Waals surface area contributed by atoms with Gasteiger partial charge in [-0.25, -0.2) is 12.7 Å². The minimum absolute atomic E-state index is 0.146. The molecule has 6 heteroatoms. The molecule has 0 fully saturated rings. The third-order valence-corrected chi connectivity index (χ3v) is 5.28. The summed E-state index contributed by atoms with van der Waals surface area (Å²) in [4.78, 5) is 11.2. The van der Waals surface area contributed by atoms with E-state index in [4.69, 9.17) is 5.73 Å². The molecular weight excluding hydrogens is 300 g/mol. The molecule has 5 nitrogen and oxygen atoms in total. The van der Waals surface area contributed by atoms with Gasteiger partial charge in [0.05, 0.1) is 4.90 Å². The van der Waals surface area contributed by atoms with Gasteiger partial charge in [-0.15, -0.1) is 0 Å².